The highest BCUT2D eigenvalue weighted by atomic mass is 15.3. The molecular formula is C13H13N3. The number of benzene rings is 1. The van der Waals surface area contributed by atoms with E-state index >= 15 is 0 Å². The first-order chi connectivity index (χ1) is 7.86. The number of hydrogen-bond donors (Lipinski definition) is 1. The standard InChI is InChI=1S/C13H13N3/c1-11-5-2-3-7-13(11)16-15-10-12-6-4-8-14-9-12/h2-10,16H,1H3. The number of aromatic nitrogens is 1. The highest BCUT2D eigenvalue weighted by Crippen LogP contribution is 2.12. The van der Waals surface area contributed by atoms with E-state index in [-0.39, 0.29) is 0 Å². The van der Waals surface area contributed by atoms with Crippen LogP contribution in [0, 0.1) is 6.92 Å². The van der Waals surface area contributed by atoms with Crippen LogP contribution in [0.15, 0.2) is 53.9 Å². The summed E-state index contributed by atoms with van der Waals surface area (Å²) < 4.78 is 0. The SMILES string of the molecule is Cc1ccccc1NN=Cc1cccnc1. The van der Waals surface area contributed by atoms with Gasteiger partial charge < -0.3 is 0 Å². The number of hydrogen-bond acceptors (Lipinski definition) is 3. The van der Waals surface area contributed by atoms with Crippen LogP contribution in [0.1, 0.15) is 11.1 Å². The molecule has 1 heterocycles. The van der Waals surface area contributed by atoms with E-state index in [2.05, 4.69) is 15.5 Å². The summed E-state index contributed by atoms with van der Waals surface area (Å²) in [6.07, 6.45) is 5.26. The van der Waals surface area contributed by atoms with Crippen molar-refractivity contribution in [2.45, 2.75) is 6.92 Å². The van der Waals surface area contributed by atoms with E-state index in [4.69, 9.17) is 0 Å². The number of nitrogens with zero attached hydrogens (tertiary/aromatic N) is 2. The Hall–Kier alpha value is -2.16. The lowest BCUT2D eigenvalue weighted by atomic mass is 10.2. The van der Waals surface area contributed by atoms with Gasteiger partial charge in [-0.05, 0) is 24.6 Å². The fourth-order valence-corrected chi connectivity index (χ4v) is 1.33. The largest absolute Gasteiger partial charge is 0.278 e. The van der Waals surface area contributed by atoms with Crippen molar-refractivity contribution < 1.29 is 0 Å². The molecule has 0 aliphatic carbocycles. The molecule has 0 bridgehead atoms. The Morgan fingerprint density at radius 3 is 2.81 bits per heavy atom. The van der Waals surface area contributed by atoms with Crippen LogP contribution in [0.5, 0.6) is 0 Å². The van der Waals surface area contributed by atoms with Crippen LogP contribution < -0.4 is 5.43 Å². The van der Waals surface area contributed by atoms with Gasteiger partial charge in [0.05, 0.1) is 11.9 Å². The van der Waals surface area contributed by atoms with Gasteiger partial charge in [0.25, 0.3) is 0 Å². The fourth-order valence-electron chi connectivity index (χ4n) is 1.33. The average molecular weight is 211 g/mol. The van der Waals surface area contributed by atoms with Crippen molar-refractivity contribution in [3.63, 3.8) is 0 Å². The minimum absolute atomic E-state index is 0.976. The van der Waals surface area contributed by atoms with Crippen molar-refractivity contribution in [1.82, 2.24) is 4.98 Å². The summed E-state index contributed by atoms with van der Waals surface area (Å²) in [6, 6.07) is 11.9. The summed E-state index contributed by atoms with van der Waals surface area (Å²) in [5.74, 6) is 0. The van der Waals surface area contributed by atoms with Gasteiger partial charge in [-0.2, -0.15) is 5.10 Å². The first-order valence-electron chi connectivity index (χ1n) is 5.11. The Kier molecular flexibility index (Phi) is 3.28. The predicted molar refractivity (Wildman–Crippen MR) is 66.6 cm³/mol. The van der Waals surface area contributed by atoms with Crippen LogP contribution in [0.4, 0.5) is 5.69 Å². The molecule has 16 heavy (non-hydrogen) atoms. The van der Waals surface area contributed by atoms with Crippen molar-refractivity contribution >= 4 is 11.9 Å². The lowest BCUT2D eigenvalue weighted by Gasteiger charge is -2.02. The molecule has 80 valence electrons. The molecule has 0 aliphatic rings. The Bertz CT molecular complexity index is 478. The molecule has 1 aromatic carbocycles. The Morgan fingerprint density at radius 2 is 2.06 bits per heavy atom. The van der Waals surface area contributed by atoms with Gasteiger partial charge in [-0.25, -0.2) is 0 Å². The molecule has 0 amide bonds. The predicted octanol–water partition coefficient (Wildman–Crippen LogP) is 2.84. The van der Waals surface area contributed by atoms with Crippen LogP contribution in [-0.2, 0) is 0 Å². The minimum Gasteiger partial charge on any atom is -0.278 e. The number of para-hydroxylation sites is 1. The third-order valence-corrected chi connectivity index (χ3v) is 2.23. The number of hydrazone groups is 1. The molecule has 0 unspecified atom stereocenters. The molecule has 0 saturated carbocycles. The van der Waals surface area contributed by atoms with Gasteiger partial charge >= 0.3 is 0 Å². The van der Waals surface area contributed by atoms with E-state index in [1.807, 2.05) is 43.3 Å². The molecule has 3 heteroatoms. The van der Waals surface area contributed by atoms with Crippen LogP contribution in [0.2, 0.25) is 0 Å². The fraction of sp³-hybridized carbons (Fsp3) is 0.0769. The highest BCUT2D eigenvalue weighted by Gasteiger charge is 1.92. The van der Waals surface area contributed by atoms with Gasteiger partial charge in [0, 0.05) is 18.0 Å². The van der Waals surface area contributed by atoms with Crippen LogP contribution in [0.3, 0.4) is 0 Å². The minimum atomic E-state index is 0.976. The molecule has 1 N–H and O–H groups in total. The monoisotopic (exact) mass is 211 g/mol. The molecule has 0 spiro atoms. The molecule has 0 radical (unpaired) electrons. The van der Waals surface area contributed by atoms with Gasteiger partial charge in [-0.1, -0.05) is 24.3 Å². The zero-order valence-electron chi connectivity index (χ0n) is 9.09. The van der Waals surface area contributed by atoms with Crippen molar-refractivity contribution in [3.8, 4) is 0 Å². The van der Waals surface area contributed by atoms with E-state index in [9.17, 15) is 0 Å². The summed E-state index contributed by atoms with van der Waals surface area (Å²) >= 11 is 0. The van der Waals surface area contributed by atoms with E-state index in [0.29, 0.717) is 0 Å². The maximum absolute atomic E-state index is 4.16. The summed E-state index contributed by atoms with van der Waals surface area (Å²) in [4.78, 5) is 4.01. The lowest BCUT2D eigenvalue weighted by Crippen LogP contribution is -1.92. The number of nitrogens with one attached hydrogen (secondary N) is 1. The summed E-state index contributed by atoms with van der Waals surface area (Å²) in [5, 5.41) is 4.16. The van der Waals surface area contributed by atoms with E-state index in [1.165, 1.54) is 5.56 Å². The molecule has 0 saturated heterocycles. The molecule has 2 aromatic rings. The van der Waals surface area contributed by atoms with Crippen LogP contribution in [0.25, 0.3) is 0 Å². The van der Waals surface area contributed by atoms with Gasteiger partial charge in [-0.15, -0.1) is 0 Å². The van der Waals surface area contributed by atoms with E-state index in [1.54, 1.807) is 18.6 Å². The zero-order valence-corrected chi connectivity index (χ0v) is 9.09. The maximum Gasteiger partial charge on any atom is 0.0590 e. The topological polar surface area (TPSA) is 37.3 Å². The molecule has 2 rings (SSSR count). The smallest absolute Gasteiger partial charge is 0.0590 e. The van der Waals surface area contributed by atoms with Crippen LogP contribution in [-0.4, -0.2) is 11.2 Å². The number of aryl methyl sites for hydroxylation is 1. The molecule has 0 atom stereocenters. The molecule has 3 nitrogen and oxygen atoms in total. The summed E-state index contributed by atoms with van der Waals surface area (Å²) in [7, 11) is 0. The summed E-state index contributed by atoms with van der Waals surface area (Å²) in [6.45, 7) is 2.04. The van der Waals surface area contributed by atoms with E-state index in [0.717, 1.165) is 11.3 Å². The first-order valence-corrected chi connectivity index (χ1v) is 5.11. The van der Waals surface area contributed by atoms with Crippen molar-refractivity contribution in [2.24, 2.45) is 5.10 Å². The third-order valence-electron chi connectivity index (χ3n) is 2.23. The van der Waals surface area contributed by atoms with Crippen LogP contribution >= 0.6 is 0 Å². The normalized spacial score (nSPS) is 10.6. The Balaban J connectivity index is 2.03. The maximum atomic E-state index is 4.16. The van der Waals surface area contributed by atoms with Gasteiger partial charge in [0.1, 0.15) is 0 Å². The van der Waals surface area contributed by atoms with Gasteiger partial charge in [0.15, 0.2) is 0 Å². The van der Waals surface area contributed by atoms with E-state index < -0.39 is 0 Å². The summed E-state index contributed by atoms with van der Waals surface area (Å²) in [5.41, 5.74) is 6.17. The molecular weight excluding hydrogens is 198 g/mol. The van der Waals surface area contributed by atoms with Gasteiger partial charge in [-0.3, -0.25) is 10.4 Å². The lowest BCUT2D eigenvalue weighted by molar-refractivity contribution is 1.29. The van der Waals surface area contributed by atoms with Crippen molar-refractivity contribution in [3.05, 3.63) is 59.9 Å². The third kappa shape index (κ3) is 2.67. The Labute approximate surface area is 94.9 Å². The highest BCUT2D eigenvalue weighted by molar-refractivity contribution is 5.79. The van der Waals surface area contributed by atoms with Gasteiger partial charge in [0.2, 0.25) is 0 Å². The first kappa shape index (κ1) is 10.4. The zero-order chi connectivity index (χ0) is 11.2. The number of anilines is 1. The number of rotatable bonds is 3. The second-order valence-corrected chi connectivity index (χ2v) is 3.47. The van der Waals surface area contributed by atoms with Crippen molar-refractivity contribution in [1.29, 1.82) is 0 Å². The van der Waals surface area contributed by atoms with Crippen molar-refractivity contribution in [2.75, 3.05) is 5.43 Å². The molecule has 0 aliphatic heterocycles. The average Bonchev–Trinajstić information content (AvgIpc) is 2.33. The molecule has 0 fully saturated rings. The molecule has 1 aromatic heterocycles. The second-order valence-electron chi connectivity index (χ2n) is 3.47. The number of pyridine rings is 1. The second kappa shape index (κ2) is 5.07. The Morgan fingerprint density at radius 1 is 1.19 bits per heavy atom. The quantitative estimate of drug-likeness (QED) is 0.626.